The Morgan fingerprint density at radius 1 is 1.26 bits per heavy atom. The second-order valence-electron chi connectivity index (χ2n) is 7.76. The molecule has 1 aliphatic carbocycles. The number of halogens is 1. The molecule has 1 unspecified atom stereocenters. The maximum atomic E-state index is 14.0. The zero-order valence-electron chi connectivity index (χ0n) is 15.7. The molecule has 4 rings (SSSR count). The minimum Gasteiger partial charge on any atom is -0.378 e. The predicted molar refractivity (Wildman–Crippen MR) is 105 cm³/mol. The van der Waals surface area contributed by atoms with E-state index < -0.39 is 0 Å². The van der Waals surface area contributed by atoms with Crippen LogP contribution in [0.5, 0.6) is 0 Å². The number of amides is 1. The maximum Gasteiger partial charge on any atom is 0.227 e. The Bertz CT molecular complexity index is 832. The fourth-order valence-corrected chi connectivity index (χ4v) is 4.37. The first-order valence-electron chi connectivity index (χ1n) is 9.91. The van der Waals surface area contributed by atoms with E-state index in [-0.39, 0.29) is 17.8 Å². The highest BCUT2D eigenvalue weighted by Gasteiger charge is 2.28. The van der Waals surface area contributed by atoms with Gasteiger partial charge in [-0.15, -0.1) is 0 Å². The van der Waals surface area contributed by atoms with Crippen molar-refractivity contribution in [2.45, 2.75) is 51.5 Å². The SMILES string of the molecule is CC(Nc1ccc2c(c1)CCC(=O)N2CC1CCCC1)c1ccncc1F. The van der Waals surface area contributed by atoms with Crippen molar-refractivity contribution in [2.75, 3.05) is 16.8 Å². The van der Waals surface area contributed by atoms with Gasteiger partial charge >= 0.3 is 0 Å². The van der Waals surface area contributed by atoms with Gasteiger partial charge in [-0.1, -0.05) is 12.8 Å². The smallest absolute Gasteiger partial charge is 0.227 e. The lowest BCUT2D eigenvalue weighted by molar-refractivity contribution is -0.119. The molecule has 0 radical (unpaired) electrons. The van der Waals surface area contributed by atoms with Gasteiger partial charge in [0.2, 0.25) is 5.91 Å². The van der Waals surface area contributed by atoms with Crippen molar-refractivity contribution >= 4 is 17.3 Å². The number of aryl methyl sites for hydroxylation is 1. The summed E-state index contributed by atoms with van der Waals surface area (Å²) in [5, 5.41) is 3.38. The number of pyridine rings is 1. The highest BCUT2D eigenvalue weighted by molar-refractivity contribution is 5.96. The van der Waals surface area contributed by atoms with Gasteiger partial charge in [0, 0.05) is 36.1 Å². The largest absolute Gasteiger partial charge is 0.378 e. The van der Waals surface area contributed by atoms with Crippen LogP contribution in [0.1, 0.15) is 56.2 Å². The number of hydrogen-bond donors (Lipinski definition) is 1. The van der Waals surface area contributed by atoms with Gasteiger partial charge in [-0.3, -0.25) is 9.78 Å². The number of hydrogen-bond acceptors (Lipinski definition) is 3. The molecule has 0 saturated heterocycles. The van der Waals surface area contributed by atoms with Crippen LogP contribution in [0.3, 0.4) is 0 Å². The lowest BCUT2D eigenvalue weighted by atomic mass is 9.98. The van der Waals surface area contributed by atoms with Crippen LogP contribution >= 0.6 is 0 Å². The normalized spacial score (nSPS) is 18.4. The second kappa shape index (κ2) is 7.67. The molecule has 142 valence electrons. The molecular formula is C22H26FN3O. The summed E-state index contributed by atoms with van der Waals surface area (Å²) in [5.41, 5.74) is 3.79. The van der Waals surface area contributed by atoms with E-state index >= 15 is 0 Å². The number of benzene rings is 1. The number of rotatable bonds is 5. The molecule has 1 N–H and O–H groups in total. The van der Waals surface area contributed by atoms with Gasteiger partial charge < -0.3 is 10.2 Å². The first-order valence-corrected chi connectivity index (χ1v) is 9.91. The van der Waals surface area contributed by atoms with Crippen LogP contribution in [0, 0.1) is 11.7 Å². The van der Waals surface area contributed by atoms with E-state index in [2.05, 4.69) is 16.4 Å². The highest BCUT2D eigenvalue weighted by Crippen LogP contribution is 2.34. The summed E-state index contributed by atoms with van der Waals surface area (Å²) in [4.78, 5) is 18.3. The van der Waals surface area contributed by atoms with Crippen LogP contribution in [0.4, 0.5) is 15.8 Å². The molecule has 27 heavy (non-hydrogen) atoms. The summed E-state index contributed by atoms with van der Waals surface area (Å²) in [6.07, 6.45) is 9.21. The average molecular weight is 367 g/mol. The van der Waals surface area contributed by atoms with Crippen LogP contribution in [0.25, 0.3) is 0 Å². The fourth-order valence-electron chi connectivity index (χ4n) is 4.37. The molecular weight excluding hydrogens is 341 g/mol. The minimum absolute atomic E-state index is 0.161. The van der Waals surface area contributed by atoms with Crippen molar-refractivity contribution in [1.29, 1.82) is 0 Å². The van der Waals surface area contributed by atoms with Crippen LogP contribution in [-0.4, -0.2) is 17.4 Å². The van der Waals surface area contributed by atoms with Gasteiger partial charge in [0.25, 0.3) is 0 Å². The first-order chi connectivity index (χ1) is 13.1. The van der Waals surface area contributed by atoms with Crippen LogP contribution in [-0.2, 0) is 11.2 Å². The van der Waals surface area contributed by atoms with Gasteiger partial charge in [0.05, 0.1) is 12.2 Å². The summed E-state index contributed by atoms with van der Waals surface area (Å²) in [5.74, 6) is 0.568. The summed E-state index contributed by atoms with van der Waals surface area (Å²) in [6, 6.07) is 7.69. The van der Waals surface area contributed by atoms with E-state index in [9.17, 15) is 9.18 Å². The van der Waals surface area contributed by atoms with Gasteiger partial charge in [0.15, 0.2) is 0 Å². The number of fused-ring (bicyclic) bond motifs is 1. The van der Waals surface area contributed by atoms with Crippen molar-refractivity contribution in [3.8, 4) is 0 Å². The predicted octanol–water partition coefficient (Wildman–Crippen LogP) is 4.86. The Balaban J connectivity index is 1.52. The number of aromatic nitrogens is 1. The second-order valence-corrected chi connectivity index (χ2v) is 7.76. The fraction of sp³-hybridized carbons (Fsp3) is 0.455. The van der Waals surface area contributed by atoms with Crippen molar-refractivity contribution in [1.82, 2.24) is 4.98 Å². The summed E-state index contributed by atoms with van der Waals surface area (Å²) in [7, 11) is 0. The van der Waals surface area contributed by atoms with Crippen LogP contribution in [0.15, 0.2) is 36.7 Å². The lowest BCUT2D eigenvalue weighted by Gasteiger charge is -2.32. The summed E-state index contributed by atoms with van der Waals surface area (Å²) >= 11 is 0. The molecule has 4 nitrogen and oxygen atoms in total. The number of anilines is 2. The Morgan fingerprint density at radius 2 is 2.07 bits per heavy atom. The Hall–Kier alpha value is -2.43. The molecule has 1 aromatic carbocycles. The van der Waals surface area contributed by atoms with E-state index in [4.69, 9.17) is 0 Å². The number of carbonyl (C=O) groups is 1. The molecule has 1 aliphatic heterocycles. The standard InChI is InChI=1S/C22H26FN3O/c1-15(19-10-11-24-13-20(19)23)25-18-7-8-21-17(12-18)6-9-22(27)26(21)14-16-4-2-3-5-16/h7-8,10-13,15-16,25H,2-6,9,14H2,1H3. The quantitative estimate of drug-likeness (QED) is 0.820. The topological polar surface area (TPSA) is 45.2 Å². The molecule has 1 atom stereocenters. The molecule has 1 amide bonds. The highest BCUT2D eigenvalue weighted by atomic mass is 19.1. The Morgan fingerprint density at radius 3 is 2.85 bits per heavy atom. The Kier molecular flexibility index (Phi) is 5.10. The van der Waals surface area contributed by atoms with E-state index in [0.717, 1.165) is 24.3 Å². The molecule has 1 saturated carbocycles. The third-order valence-electron chi connectivity index (χ3n) is 5.85. The van der Waals surface area contributed by atoms with Crippen molar-refractivity contribution in [3.05, 3.63) is 53.6 Å². The number of carbonyl (C=O) groups excluding carboxylic acids is 1. The first kappa shape index (κ1) is 18.0. The number of nitrogens with zero attached hydrogens (tertiary/aromatic N) is 2. The molecule has 5 heteroatoms. The van der Waals surface area contributed by atoms with Crippen LogP contribution < -0.4 is 10.2 Å². The van der Waals surface area contributed by atoms with E-state index in [1.54, 1.807) is 12.3 Å². The molecule has 2 aromatic rings. The molecule has 1 fully saturated rings. The number of nitrogens with one attached hydrogen (secondary N) is 1. The molecule has 2 heterocycles. The van der Waals surface area contributed by atoms with E-state index in [0.29, 0.717) is 17.9 Å². The third-order valence-corrected chi connectivity index (χ3v) is 5.85. The molecule has 2 aliphatic rings. The van der Waals surface area contributed by atoms with E-state index in [1.165, 1.54) is 37.4 Å². The van der Waals surface area contributed by atoms with Crippen molar-refractivity contribution < 1.29 is 9.18 Å². The monoisotopic (exact) mass is 367 g/mol. The zero-order chi connectivity index (χ0) is 18.8. The van der Waals surface area contributed by atoms with Gasteiger partial charge in [-0.25, -0.2) is 4.39 Å². The zero-order valence-corrected chi connectivity index (χ0v) is 15.7. The van der Waals surface area contributed by atoms with Gasteiger partial charge in [-0.05, 0) is 61.9 Å². The molecule has 0 spiro atoms. The summed E-state index contributed by atoms with van der Waals surface area (Å²) in [6.45, 7) is 2.78. The third kappa shape index (κ3) is 3.82. The van der Waals surface area contributed by atoms with Crippen molar-refractivity contribution in [3.63, 3.8) is 0 Å². The molecule has 0 bridgehead atoms. The minimum atomic E-state index is -0.302. The average Bonchev–Trinajstić information content (AvgIpc) is 3.17. The maximum absolute atomic E-state index is 14.0. The van der Waals surface area contributed by atoms with Gasteiger partial charge in [-0.2, -0.15) is 0 Å². The van der Waals surface area contributed by atoms with Crippen molar-refractivity contribution in [2.24, 2.45) is 5.92 Å². The lowest BCUT2D eigenvalue weighted by Crippen LogP contribution is -2.38. The molecule has 1 aromatic heterocycles. The summed E-state index contributed by atoms with van der Waals surface area (Å²) < 4.78 is 14.0. The Labute approximate surface area is 159 Å². The van der Waals surface area contributed by atoms with E-state index in [1.807, 2.05) is 24.0 Å². The van der Waals surface area contributed by atoms with Crippen LogP contribution in [0.2, 0.25) is 0 Å². The van der Waals surface area contributed by atoms with Gasteiger partial charge in [0.1, 0.15) is 5.82 Å².